The third kappa shape index (κ3) is 3.19. The van der Waals surface area contributed by atoms with Gasteiger partial charge in [0.15, 0.2) is 11.5 Å². The molecule has 22 heavy (non-hydrogen) atoms. The van der Waals surface area contributed by atoms with Crippen LogP contribution in [0.25, 0.3) is 0 Å². The number of carbonyl (C=O) groups is 1. The molecular weight excluding hydrogens is 282 g/mol. The standard InChI is InChI=1S/C17H23NO4/c1-21-14-5-4-12(17(6-7-17)10-16(19)20)9-15(14)22-13-3-2-8-18-11-13/h4-5,9,13,18H,2-3,6-8,10-11H2,1H3,(H,19,20). The van der Waals surface area contributed by atoms with Crippen LogP contribution in [-0.2, 0) is 10.2 Å². The highest BCUT2D eigenvalue weighted by atomic mass is 16.5. The number of benzene rings is 1. The van der Waals surface area contributed by atoms with Gasteiger partial charge in [-0.15, -0.1) is 0 Å². The largest absolute Gasteiger partial charge is 0.493 e. The van der Waals surface area contributed by atoms with Crippen LogP contribution in [-0.4, -0.2) is 37.4 Å². The van der Waals surface area contributed by atoms with Crippen LogP contribution in [0.4, 0.5) is 0 Å². The molecule has 1 saturated heterocycles. The summed E-state index contributed by atoms with van der Waals surface area (Å²) in [5.74, 6) is 0.693. The van der Waals surface area contributed by atoms with Gasteiger partial charge >= 0.3 is 5.97 Å². The van der Waals surface area contributed by atoms with E-state index in [4.69, 9.17) is 14.6 Å². The lowest BCUT2D eigenvalue weighted by Crippen LogP contribution is -2.37. The molecule has 2 aliphatic rings. The van der Waals surface area contributed by atoms with Gasteiger partial charge in [-0.2, -0.15) is 0 Å². The lowest BCUT2D eigenvalue weighted by molar-refractivity contribution is -0.137. The maximum absolute atomic E-state index is 11.1. The molecule has 2 N–H and O–H groups in total. The summed E-state index contributed by atoms with van der Waals surface area (Å²) < 4.78 is 11.5. The molecule has 0 spiro atoms. The fraction of sp³-hybridized carbons (Fsp3) is 0.588. The Morgan fingerprint density at radius 3 is 2.82 bits per heavy atom. The average Bonchev–Trinajstić information content (AvgIpc) is 3.28. The molecule has 5 nitrogen and oxygen atoms in total. The van der Waals surface area contributed by atoms with Gasteiger partial charge in [0.25, 0.3) is 0 Å². The zero-order valence-corrected chi connectivity index (χ0v) is 12.9. The summed E-state index contributed by atoms with van der Waals surface area (Å²) in [6.07, 6.45) is 4.32. The van der Waals surface area contributed by atoms with Gasteiger partial charge < -0.3 is 19.9 Å². The summed E-state index contributed by atoms with van der Waals surface area (Å²) in [7, 11) is 1.63. The Morgan fingerprint density at radius 2 is 2.23 bits per heavy atom. The number of hydrogen-bond acceptors (Lipinski definition) is 4. The number of carboxylic acids is 1. The third-order valence-electron chi connectivity index (χ3n) is 4.66. The van der Waals surface area contributed by atoms with Crippen molar-refractivity contribution in [3.63, 3.8) is 0 Å². The second kappa shape index (κ2) is 6.16. The van der Waals surface area contributed by atoms with E-state index in [1.54, 1.807) is 7.11 Å². The summed E-state index contributed by atoms with van der Waals surface area (Å²) in [5.41, 5.74) is 0.843. The molecule has 0 aromatic heterocycles. The Hall–Kier alpha value is -1.75. The Kier molecular flexibility index (Phi) is 4.25. The van der Waals surface area contributed by atoms with Crippen LogP contribution in [0, 0.1) is 0 Å². The summed E-state index contributed by atoms with van der Waals surface area (Å²) in [6.45, 7) is 1.88. The van der Waals surface area contributed by atoms with Crippen molar-refractivity contribution in [1.82, 2.24) is 5.32 Å². The Morgan fingerprint density at radius 1 is 1.41 bits per heavy atom. The molecule has 1 aliphatic carbocycles. The van der Waals surface area contributed by atoms with Crippen molar-refractivity contribution in [3.05, 3.63) is 23.8 Å². The van der Waals surface area contributed by atoms with Crippen molar-refractivity contribution in [2.75, 3.05) is 20.2 Å². The SMILES string of the molecule is COc1ccc(C2(CC(=O)O)CC2)cc1OC1CCCNC1. The van der Waals surface area contributed by atoms with Crippen LogP contribution < -0.4 is 14.8 Å². The van der Waals surface area contributed by atoms with Crippen LogP contribution >= 0.6 is 0 Å². The predicted octanol–water partition coefficient (Wildman–Crippen LogP) is 2.33. The number of methoxy groups -OCH3 is 1. The molecule has 1 heterocycles. The fourth-order valence-corrected chi connectivity index (χ4v) is 3.21. The van der Waals surface area contributed by atoms with Gasteiger partial charge in [-0.3, -0.25) is 4.79 Å². The highest BCUT2D eigenvalue weighted by Gasteiger charge is 2.46. The van der Waals surface area contributed by atoms with Crippen molar-refractivity contribution < 1.29 is 19.4 Å². The maximum Gasteiger partial charge on any atom is 0.304 e. The van der Waals surface area contributed by atoms with E-state index in [9.17, 15) is 4.79 Å². The van der Waals surface area contributed by atoms with Crippen LogP contribution in [0.2, 0.25) is 0 Å². The normalized spacial score (nSPS) is 22.9. The quantitative estimate of drug-likeness (QED) is 0.844. The topological polar surface area (TPSA) is 67.8 Å². The Balaban J connectivity index is 1.81. The zero-order valence-electron chi connectivity index (χ0n) is 12.9. The second-order valence-electron chi connectivity index (χ2n) is 6.30. The van der Waals surface area contributed by atoms with Gasteiger partial charge in [0.05, 0.1) is 13.5 Å². The minimum absolute atomic E-state index is 0.146. The summed E-state index contributed by atoms with van der Waals surface area (Å²) in [6, 6.07) is 5.84. The number of piperidine rings is 1. The minimum atomic E-state index is -0.743. The molecule has 1 aromatic rings. The lowest BCUT2D eigenvalue weighted by Gasteiger charge is -2.25. The van der Waals surface area contributed by atoms with E-state index in [2.05, 4.69) is 5.32 Å². The Labute approximate surface area is 130 Å². The summed E-state index contributed by atoms with van der Waals surface area (Å²) >= 11 is 0. The van der Waals surface area contributed by atoms with E-state index in [1.807, 2.05) is 18.2 Å². The molecular formula is C17H23NO4. The van der Waals surface area contributed by atoms with E-state index in [-0.39, 0.29) is 17.9 Å². The molecule has 0 radical (unpaired) electrons. The van der Waals surface area contributed by atoms with Crippen LogP contribution in [0.3, 0.4) is 0 Å². The minimum Gasteiger partial charge on any atom is -0.493 e. The number of hydrogen-bond donors (Lipinski definition) is 2. The maximum atomic E-state index is 11.1. The number of nitrogens with one attached hydrogen (secondary N) is 1. The van der Waals surface area contributed by atoms with E-state index in [1.165, 1.54) is 0 Å². The third-order valence-corrected chi connectivity index (χ3v) is 4.66. The van der Waals surface area contributed by atoms with Gasteiger partial charge in [0.2, 0.25) is 0 Å². The average molecular weight is 305 g/mol. The van der Waals surface area contributed by atoms with E-state index in [0.717, 1.165) is 50.1 Å². The fourth-order valence-electron chi connectivity index (χ4n) is 3.21. The van der Waals surface area contributed by atoms with Crippen LogP contribution in [0.15, 0.2) is 18.2 Å². The van der Waals surface area contributed by atoms with Crippen molar-refractivity contribution in [2.24, 2.45) is 0 Å². The van der Waals surface area contributed by atoms with E-state index >= 15 is 0 Å². The van der Waals surface area contributed by atoms with Crippen molar-refractivity contribution in [3.8, 4) is 11.5 Å². The van der Waals surface area contributed by atoms with E-state index < -0.39 is 5.97 Å². The highest BCUT2D eigenvalue weighted by Crippen LogP contribution is 2.52. The molecule has 1 aromatic carbocycles. The second-order valence-corrected chi connectivity index (χ2v) is 6.30. The highest BCUT2D eigenvalue weighted by molar-refractivity contribution is 5.70. The first-order valence-corrected chi connectivity index (χ1v) is 7.91. The van der Waals surface area contributed by atoms with Gasteiger partial charge in [-0.25, -0.2) is 0 Å². The van der Waals surface area contributed by atoms with Crippen LogP contribution in [0.1, 0.15) is 37.7 Å². The Bertz CT molecular complexity index is 548. The summed E-state index contributed by atoms with van der Waals surface area (Å²) in [4.78, 5) is 11.1. The molecule has 2 fully saturated rings. The zero-order chi connectivity index (χ0) is 15.6. The van der Waals surface area contributed by atoms with Crippen LogP contribution in [0.5, 0.6) is 11.5 Å². The van der Waals surface area contributed by atoms with Gasteiger partial charge in [-0.1, -0.05) is 6.07 Å². The molecule has 5 heteroatoms. The summed E-state index contributed by atoms with van der Waals surface area (Å²) in [5, 5.41) is 12.4. The van der Waals surface area contributed by atoms with E-state index in [0.29, 0.717) is 5.75 Å². The molecule has 0 bridgehead atoms. The monoisotopic (exact) mass is 305 g/mol. The van der Waals surface area contributed by atoms with Gasteiger partial charge in [0.1, 0.15) is 6.10 Å². The molecule has 1 aliphatic heterocycles. The predicted molar refractivity (Wildman–Crippen MR) is 82.7 cm³/mol. The van der Waals surface area contributed by atoms with Crippen molar-refractivity contribution in [1.29, 1.82) is 0 Å². The van der Waals surface area contributed by atoms with Gasteiger partial charge in [0, 0.05) is 12.0 Å². The first-order valence-electron chi connectivity index (χ1n) is 7.91. The number of ether oxygens (including phenoxy) is 2. The smallest absolute Gasteiger partial charge is 0.304 e. The molecule has 3 rings (SSSR count). The number of carboxylic acid groups (broad SMARTS) is 1. The van der Waals surface area contributed by atoms with Crippen molar-refractivity contribution in [2.45, 2.75) is 43.6 Å². The molecule has 0 amide bonds. The first kappa shape index (κ1) is 15.2. The molecule has 120 valence electrons. The first-order chi connectivity index (χ1) is 10.6. The molecule has 1 atom stereocenters. The lowest BCUT2D eigenvalue weighted by atomic mass is 9.92. The molecule has 1 unspecified atom stereocenters. The number of rotatable bonds is 6. The molecule has 1 saturated carbocycles. The van der Waals surface area contributed by atoms with Crippen molar-refractivity contribution >= 4 is 5.97 Å². The van der Waals surface area contributed by atoms with Gasteiger partial charge in [-0.05, 0) is 49.9 Å². The number of aliphatic carboxylic acids is 1.